The summed E-state index contributed by atoms with van der Waals surface area (Å²) in [5, 5.41) is 10.2. The molecular weight excluding hydrogens is 366 g/mol. The van der Waals surface area contributed by atoms with Gasteiger partial charge in [-0.15, -0.1) is 11.3 Å². The first-order valence-electron chi connectivity index (χ1n) is 8.64. The zero-order valence-corrected chi connectivity index (χ0v) is 16.7. The third-order valence-electron chi connectivity index (χ3n) is 4.51. The number of nitriles is 1. The summed E-state index contributed by atoms with van der Waals surface area (Å²) in [4.78, 5) is 19.9. The topological polar surface area (TPSA) is 58.7 Å². The van der Waals surface area contributed by atoms with Crippen LogP contribution in [0.4, 0.5) is 0 Å². The van der Waals surface area contributed by atoms with Gasteiger partial charge in [0, 0.05) is 28.4 Å². The van der Waals surface area contributed by atoms with E-state index in [1.807, 2.05) is 32.0 Å². The number of rotatable bonds is 5. The van der Waals surface area contributed by atoms with Crippen LogP contribution in [0, 0.1) is 25.2 Å². The van der Waals surface area contributed by atoms with E-state index < -0.39 is 0 Å². The highest BCUT2D eigenvalue weighted by atomic mass is 35.5. The van der Waals surface area contributed by atoms with Crippen LogP contribution < -0.4 is 5.56 Å². The van der Waals surface area contributed by atoms with Gasteiger partial charge in [0.25, 0.3) is 5.56 Å². The summed E-state index contributed by atoms with van der Waals surface area (Å²) in [7, 11) is 0. The lowest BCUT2D eigenvalue weighted by molar-refractivity contribution is 0.607. The fourth-order valence-electron chi connectivity index (χ4n) is 3.17. The van der Waals surface area contributed by atoms with Crippen molar-refractivity contribution < 1.29 is 0 Å². The molecule has 0 N–H and O–H groups in total. The van der Waals surface area contributed by atoms with E-state index in [1.165, 1.54) is 0 Å². The van der Waals surface area contributed by atoms with Gasteiger partial charge in [-0.05, 0) is 49.9 Å². The van der Waals surface area contributed by atoms with Crippen LogP contribution in [-0.2, 0) is 13.0 Å². The molecule has 0 aliphatic heterocycles. The van der Waals surface area contributed by atoms with Crippen molar-refractivity contribution in [1.82, 2.24) is 9.55 Å². The molecule has 6 heteroatoms. The van der Waals surface area contributed by atoms with Crippen LogP contribution in [0.1, 0.15) is 36.0 Å². The predicted octanol–water partition coefficient (Wildman–Crippen LogP) is 5.26. The number of benzene rings is 1. The fourth-order valence-corrected chi connectivity index (χ4v) is 4.45. The lowest BCUT2D eigenvalue weighted by atomic mass is 10.0. The molecule has 4 nitrogen and oxygen atoms in total. The number of aryl methyl sites for hydroxylation is 3. The number of halogens is 1. The molecule has 0 aliphatic rings. The van der Waals surface area contributed by atoms with Gasteiger partial charge in [-0.1, -0.05) is 24.6 Å². The Morgan fingerprint density at radius 2 is 2.12 bits per heavy atom. The fraction of sp³-hybridized carbons (Fsp3) is 0.350. The third kappa shape index (κ3) is 3.27. The lowest BCUT2D eigenvalue weighted by Crippen LogP contribution is -2.23. The normalized spacial score (nSPS) is 11.0. The van der Waals surface area contributed by atoms with Crippen molar-refractivity contribution in [3.8, 4) is 17.2 Å². The maximum atomic E-state index is 13.2. The smallest absolute Gasteiger partial charge is 0.262 e. The summed E-state index contributed by atoms with van der Waals surface area (Å²) in [5.74, 6) is 0.697. The summed E-state index contributed by atoms with van der Waals surface area (Å²) in [6.07, 6.45) is 1.91. The van der Waals surface area contributed by atoms with Gasteiger partial charge in [0.05, 0.1) is 11.5 Å². The van der Waals surface area contributed by atoms with E-state index in [9.17, 15) is 4.79 Å². The standard InChI is InChI=1S/C20H20ClN3OS/c1-4-16-17(14-7-8-15(21)12(2)11-14)18-19(26-16)23-13(3)24(20(18)25)10-6-5-9-22/h7-8,11H,4-6,10H2,1-3H3. The molecule has 0 saturated heterocycles. The number of unbranched alkanes of at least 4 members (excludes halogenated alkanes) is 1. The van der Waals surface area contributed by atoms with E-state index in [1.54, 1.807) is 15.9 Å². The average Bonchev–Trinajstić information content (AvgIpc) is 2.98. The second-order valence-corrected chi connectivity index (χ2v) is 7.77. The Hall–Kier alpha value is -2.16. The first-order valence-corrected chi connectivity index (χ1v) is 9.83. The Morgan fingerprint density at radius 3 is 2.77 bits per heavy atom. The number of fused-ring (bicyclic) bond motifs is 1. The summed E-state index contributed by atoms with van der Waals surface area (Å²) >= 11 is 7.76. The van der Waals surface area contributed by atoms with Gasteiger partial charge >= 0.3 is 0 Å². The Morgan fingerprint density at radius 1 is 1.35 bits per heavy atom. The van der Waals surface area contributed by atoms with E-state index in [4.69, 9.17) is 16.9 Å². The maximum absolute atomic E-state index is 13.2. The quantitative estimate of drug-likeness (QED) is 0.562. The molecule has 0 atom stereocenters. The third-order valence-corrected chi connectivity index (χ3v) is 6.17. The summed E-state index contributed by atoms with van der Waals surface area (Å²) in [6, 6.07) is 8.00. The second kappa shape index (κ2) is 7.61. The second-order valence-electron chi connectivity index (χ2n) is 6.28. The zero-order valence-electron chi connectivity index (χ0n) is 15.1. The molecule has 3 aromatic rings. The van der Waals surface area contributed by atoms with Crippen LogP contribution in [0.3, 0.4) is 0 Å². The van der Waals surface area contributed by atoms with Crippen LogP contribution >= 0.6 is 22.9 Å². The molecule has 0 fully saturated rings. The Kier molecular flexibility index (Phi) is 5.45. The van der Waals surface area contributed by atoms with Crippen molar-refractivity contribution in [2.24, 2.45) is 0 Å². The average molecular weight is 386 g/mol. The molecule has 0 aliphatic carbocycles. The molecule has 0 saturated carbocycles. The van der Waals surface area contributed by atoms with Gasteiger partial charge in [-0.25, -0.2) is 4.98 Å². The van der Waals surface area contributed by atoms with E-state index in [-0.39, 0.29) is 5.56 Å². The molecule has 26 heavy (non-hydrogen) atoms. The Bertz CT molecular complexity index is 1080. The number of thiophene rings is 1. The predicted molar refractivity (Wildman–Crippen MR) is 108 cm³/mol. The Labute approximate surface area is 161 Å². The van der Waals surface area contributed by atoms with Crippen LogP contribution in [0.15, 0.2) is 23.0 Å². The van der Waals surface area contributed by atoms with Crippen molar-refractivity contribution in [3.63, 3.8) is 0 Å². The van der Waals surface area contributed by atoms with Gasteiger partial charge in [0.2, 0.25) is 0 Å². The molecular formula is C20H20ClN3OS. The van der Waals surface area contributed by atoms with Gasteiger partial charge in [-0.3, -0.25) is 9.36 Å². The SMILES string of the molecule is CCc1sc2nc(C)n(CCCC#N)c(=O)c2c1-c1ccc(Cl)c(C)c1. The summed E-state index contributed by atoms with van der Waals surface area (Å²) in [5.41, 5.74) is 2.93. The summed E-state index contributed by atoms with van der Waals surface area (Å²) < 4.78 is 1.69. The van der Waals surface area contributed by atoms with E-state index in [0.29, 0.717) is 35.6 Å². The minimum Gasteiger partial charge on any atom is -0.296 e. The highest BCUT2D eigenvalue weighted by molar-refractivity contribution is 7.19. The maximum Gasteiger partial charge on any atom is 0.262 e. The molecule has 0 unspecified atom stereocenters. The minimum atomic E-state index is -0.0241. The van der Waals surface area contributed by atoms with E-state index in [2.05, 4.69) is 18.0 Å². The summed E-state index contributed by atoms with van der Waals surface area (Å²) in [6.45, 7) is 6.42. The highest BCUT2D eigenvalue weighted by Crippen LogP contribution is 2.37. The van der Waals surface area contributed by atoms with Crippen molar-refractivity contribution in [2.75, 3.05) is 0 Å². The van der Waals surface area contributed by atoms with Crippen molar-refractivity contribution in [1.29, 1.82) is 5.26 Å². The first kappa shape index (κ1) is 18.6. The highest BCUT2D eigenvalue weighted by Gasteiger charge is 2.20. The van der Waals surface area contributed by atoms with E-state index >= 15 is 0 Å². The number of aromatic nitrogens is 2. The number of hydrogen-bond donors (Lipinski definition) is 0. The van der Waals surface area contributed by atoms with Crippen molar-refractivity contribution in [2.45, 2.75) is 46.6 Å². The zero-order chi connectivity index (χ0) is 18.8. The molecule has 0 spiro atoms. The minimum absolute atomic E-state index is 0.0241. The van der Waals surface area contributed by atoms with Crippen LogP contribution in [0.25, 0.3) is 21.3 Å². The van der Waals surface area contributed by atoms with Gasteiger partial charge in [-0.2, -0.15) is 5.26 Å². The monoisotopic (exact) mass is 385 g/mol. The van der Waals surface area contributed by atoms with Crippen LogP contribution in [0.5, 0.6) is 0 Å². The molecule has 0 bridgehead atoms. The molecule has 3 rings (SSSR count). The van der Waals surface area contributed by atoms with Gasteiger partial charge in [0.1, 0.15) is 10.7 Å². The first-order chi connectivity index (χ1) is 12.5. The molecule has 2 heterocycles. The van der Waals surface area contributed by atoms with Crippen LogP contribution in [-0.4, -0.2) is 9.55 Å². The number of hydrogen-bond acceptors (Lipinski definition) is 4. The largest absolute Gasteiger partial charge is 0.296 e. The Balaban J connectivity index is 2.27. The lowest BCUT2D eigenvalue weighted by Gasteiger charge is -2.10. The van der Waals surface area contributed by atoms with Gasteiger partial charge < -0.3 is 0 Å². The van der Waals surface area contributed by atoms with E-state index in [0.717, 1.165) is 32.8 Å². The molecule has 1 aromatic carbocycles. The van der Waals surface area contributed by atoms with Gasteiger partial charge in [0.15, 0.2) is 0 Å². The number of nitrogens with zero attached hydrogens (tertiary/aromatic N) is 3. The van der Waals surface area contributed by atoms with Crippen molar-refractivity contribution >= 4 is 33.2 Å². The molecule has 0 radical (unpaired) electrons. The molecule has 2 aromatic heterocycles. The van der Waals surface area contributed by atoms with Crippen LogP contribution in [0.2, 0.25) is 5.02 Å². The van der Waals surface area contributed by atoms with Crippen molar-refractivity contribution in [3.05, 3.63) is 49.8 Å². The molecule has 0 amide bonds. The molecule has 134 valence electrons.